The summed E-state index contributed by atoms with van der Waals surface area (Å²) in [5.74, 6) is 2.47. The molecule has 0 radical (unpaired) electrons. The molecule has 1 rings (SSSR count). The van der Waals surface area contributed by atoms with Crippen molar-refractivity contribution < 1.29 is 9.47 Å². The molecule has 2 N–H and O–H groups in total. The Morgan fingerprint density at radius 1 is 1.00 bits per heavy atom. The van der Waals surface area contributed by atoms with Gasteiger partial charge in [-0.15, -0.1) is 0 Å². The number of benzene rings is 1. The van der Waals surface area contributed by atoms with Crippen LogP contribution in [0, 0.1) is 11.8 Å². The first kappa shape index (κ1) is 13.8. The Morgan fingerprint density at radius 3 is 1.82 bits per heavy atom. The molecule has 0 amide bonds. The molecule has 1 aromatic rings. The minimum Gasteiger partial charge on any atom is -0.496 e. The fourth-order valence-corrected chi connectivity index (χ4v) is 1.89. The van der Waals surface area contributed by atoms with Crippen molar-refractivity contribution in [2.75, 3.05) is 14.2 Å². The number of nitrogens with two attached hydrogens (primary N) is 1. The van der Waals surface area contributed by atoms with E-state index in [4.69, 9.17) is 15.2 Å². The molecular weight excluding hydrogens is 214 g/mol. The third kappa shape index (κ3) is 2.91. The monoisotopic (exact) mass is 237 g/mol. The lowest BCUT2D eigenvalue weighted by Crippen LogP contribution is -2.24. The minimum absolute atomic E-state index is 0.0823. The predicted octanol–water partition coefficient (Wildman–Crippen LogP) is 3.00. The van der Waals surface area contributed by atoms with E-state index in [9.17, 15) is 0 Å². The smallest absolute Gasteiger partial charge is 0.127 e. The van der Waals surface area contributed by atoms with Crippen molar-refractivity contribution in [1.82, 2.24) is 0 Å². The molecule has 0 heterocycles. The average molecular weight is 237 g/mol. The molecule has 0 aliphatic heterocycles. The van der Waals surface area contributed by atoms with Gasteiger partial charge in [0, 0.05) is 6.04 Å². The SMILES string of the molecule is COc1cccc(OC)c1C(N)C(C)C(C)C. The molecule has 0 bridgehead atoms. The van der Waals surface area contributed by atoms with Crippen molar-refractivity contribution in [3.63, 3.8) is 0 Å². The molecule has 3 heteroatoms. The Balaban J connectivity index is 3.18. The maximum atomic E-state index is 6.33. The molecular formula is C14H23NO2. The summed E-state index contributed by atoms with van der Waals surface area (Å²) < 4.78 is 10.8. The highest BCUT2D eigenvalue weighted by atomic mass is 16.5. The topological polar surface area (TPSA) is 44.5 Å². The first-order valence-corrected chi connectivity index (χ1v) is 5.99. The minimum atomic E-state index is -0.0823. The normalized spacial score (nSPS) is 14.5. The van der Waals surface area contributed by atoms with Crippen LogP contribution < -0.4 is 15.2 Å². The number of hydrogen-bond acceptors (Lipinski definition) is 3. The summed E-state index contributed by atoms with van der Waals surface area (Å²) in [4.78, 5) is 0. The Hall–Kier alpha value is -1.22. The van der Waals surface area contributed by atoms with Crippen LogP contribution in [0.25, 0.3) is 0 Å². The summed E-state index contributed by atoms with van der Waals surface area (Å²) in [6, 6.07) is 5.67. The zero-order valence-electron chi connectivity index (χ0n) is 11.4. The Bertz CT molecular complexity index is 341. The van der Waals surface area contributed by atoms with Crippen molar-refractivity contribution in [1.29, 1.82) is 0 Å². The van der Waals surface area contributed by atoms with Gasteiger partial charge < -0.3 is 15.2 Å². The first-order valence-electron chi connectivity index (χ1n) is 5.99. The van der Waals surface area contributed by atoms with Crippen LogP contribution in [-0.4, -0.2) is 14.2 Å². The van der Waals surface area contributed by atoms with Crippen LogP contribution in [0.3, 0.4) is 0 Å². The highest BCUT2D eigenvalue weighted by molar-refractivity contribution is 5.47. The van der Waals surface area contributed by atoms with Crippen molar-refractivity contribution in [2.24, 2.45) is 17.6 Å². The molecule has 2 unspecified atom stereocenters. The third-order valence-electron chi connectivity index (χ3n) is 3.42. The molecule has 0 aromatic heterocycles. The van der Waals surface area contributed by atoms with Crippen LogP contribution in [0.1, 0.15) is 32.4 Å². The van der Waals surface area contributed by atoms with E-state index < -0.39 is 0 Å². The molecule has 0 aliphatic rings. The van der Waals surface area contributed by atoms with Crippen LogP contribution in [0.5, 0.6) is 11.5 Å². The highest BCUT2D eigenvalue weighted by Gasteiger charge is 2.24. The Morgan fingerprint density at radius 2 is 1.47 bits per heavy atom. The fourth-order valence-electron chi connectivity index (χ4n) is 1.89. The maximum absolute atomic E-state index is 6.33. The molecule has 0 fully saturated rings. The van der Waals surface area contributed by atoms with Gasteiger partial charge in [0.1, 0.15) is 11.5 Å². The second-order valence-electron chi connectivity index (χ2n) is 4.71. The van der Waals surface area contributed by atoms with Gasteiger partial charge in [0.05, 0.1) is 19.8 Å². The van der Waals surface area contributed by atoms with Gasteiger partial charge in [-0.1, -0.05) is 26.8 Å². The Kier molecular flexibility index (Phi) is 4.82. The second kappa shape index (κ2) is 5.92. The molecule has 96 valence electrons. The fraction of sp³-hybridized carbons (Fsp3) is 0.571. The molecule has 0 saturated carbocycles. The lowest BCUT2D eigenvalue weighted by atomic mass is 9.86. The molecule has 0 saturated heterocycles. The van der Waals surface area contributed by atoms with Crippen molar-refractivity contribution in [2.45, 2.75) is 26.8 Å². The maximum Gasteiger partial charge on any atom is 0.127 e. The van der Waals surface area contributed by atoms with E-state index >= 15 is 0 Å². The second-order valence-corrected chi connectivity index (χ2v) is 4.71. The molecule has 1 aromatic carbocycles. The molecule has 0 spiro atoms. The van der Waals surface area contributed by atoms with Gasteiger partial charge in [-0.25, -0.2) is 0 Å². The standard InChI is InChI=1S/C14H23NO2/c1-9(2)10(3)14(15)13-11(16-4)7-6-8-12(13)17-5/h6-10,14H,15H2,1-5H3. The lowest BCUT2D eigenvalue weighted by Gasteiger charge is -2.26. The number of methoxy groups -OCH3 is 2. The van der Waals surface area contributed by atoms with Gasteiger partial charge in [0.15, 0.2) is 0 Å². The van der Waals surface area contributed by atoms with Crippen molar-refractivity contribution in [3.8, 4) is 11.5 Å². The molecule has 3 nitrogen and oxygen atoms in total. The zero-order chi connectivity index (χ0) is 13.0. The molecule has 17 heavy (non-hydrogen) atoms. The van der Waals surface area contributed by atoms with Crippen LogP contribution in [-0.2, 0) is 0 Å². The highest BCUT2D eigenvalue weighted by Crippen LogP contribution is 2.37. The third-order valence-corrected chi connectivity index (χ3v) is 3.42. The quantitative estimate of drug-likeness (QED) is 0.856. The van der Waals surface area contributed by atoms with Gasteiger partial charge in [0.2, 0.25) is 0 Å². The zero-order valence-corrected chi connectivity index (χ0v) is 11.4. The number of rotatable bonds is 5. The lowest BCUT2D eigenvalue weighted by molar-refractivity contribution is 0.322. The average Bonchev–Trinajstić information content (AvgIpc) is 2.35. The molecule has 0 aliphatic carbocycles. The van der Waals surface area contributed by atoms with Crippen LogP contribution in [0.15, 0.2) is 18.2 Å². The van der Waals surface area contributed by atoms with Gasteiger partial charge in [-0.05, 0) is 24.0 Å². The molecule has 2 atom stereocenters. The van der Waals surface area contributed by atoms with Crippen molar-refractivity contribution in [3.05, 3.63) is 23.8 Å². The number of ether oxygens (including phenoxy) is 2. The van der Waals surface area contributed by atoms with Crippen molar-refractivity contribution >= 4 is 0 Å². The van der Waals surface area contributed by atoms with E-state index in [1.807, 2.05) is 18.2 Å². The Labute approximate surface area is 104 Å². The van der Waals surface area contributed by atoms with E-state index in [1.54, 1.807) is 14.2 Å². The first-order chi connectivity index (χ1) is 8.02. The van der Waals surface area contributed by atoms with E-state index in [-0.39, 0.29) is 6.04 Å². The van der Waals surface area contributed by atoms with E-state index in [0.29, 0.717) is 11.8 Å². The van der Waals surface area contributed by atoms with Gasteiger partial charge in [0.25, 0.3) is 0 Å². The van der Waals surface area contributed by atoms with E-state index in [1.165, 1.54) is 0 Å². The number of hydrogen-bond donors (Lipinski definition) is 1. The summed E-state index contributed by atoms with van der Waals surface area (Å²) in [6.07, 6.45) is 0. The summed E-state index contributed by atoms with van der Waals surface area (Å²) in [5.41, 5.74) is 7.29. The summed E-state index contributed by atoms with van der Waals surface area (Å²) in [6.45, 7) is 6.50. The largest absolute Gasteiger partial charge is 0.496 e. The van der Waals surface area contributed by atoms with Gasteiger partial charge >= 0.3 is 0 Å². The van der Waals surface area contributed by atoms with Gasteiger partial charge in [-0.3, -0.25) is 0 Å². The predicted molar refractivity (Wildman–Crippen MR) is 70.5 cm³/mol. The summed E-state index contributed by atoms with van der Waals surface area (Å²) in [5, 5.41) is 0. The summed E-state index contributed by atoms with van der Waals surface area (Å²) >= 11 is 0. The summed E-state index contributed by atoms with van der Waals surface area (Å²) in [7, 11) is 3.32. The van der Waals surface area contributed by atoms with Gasteiger partial charge in [-0.2, -0.15) is 0 Å². The van der Waals surface area contributed by atoms with Crippen LogP contribution in [0.4, 0.5) is 0 Å². The van der Waals surface area contributed by atoms with E-state index in [0.717, 1.165) is 17.1 Å². The van der Waals surface area contributed by atoms with Crippen LogP contribution >= 0.6 is 0 Å². The van der Waals surface area contributed by atoms with Crippen LogP contribution in [0.2, 0.25) is 0 Å². The van der Waals surface area contributed by atoms with E-state index in [2.05, 4.69) is 20.8 Å².